The highest BCUT2D eigenvalue weighted by Crippen LogP contribution is 2.21. The Balaban J connectivity index is 1.38. The lowest BCUT2D eigenvalue weighted by Gasteiger charge is -2.33. The molecule has 142 valence electrons. The van der Waals surface area contributed by atoms with Crippen LogP contribution in [0.3, 0.4) is 0 Å². The van der Waals surface area contributed by atoms with Gasteiger partial charge in [0.25, 0.3) is 0 Å². The van der Waals surface area contributed by atoms with Crippen molar-refractivity contribution >= 4 is 17.0 Å². The van der Waals surface area contributed by atoms with E-state index in [1.807, 2.05) is 19.9 Å². The maximum Gasteiger partial charge on any atom is 0.225 e. The number of H-pyrrole nitrogens is 1. The molecule has 3 aromatic rings. The van der Waals surface area contributed by atoms with E-state index in [9.17, 15) is 0 Å². The normalized spacial score (nSPS) is 16.8. The number of nitrogens with zero attached hydrogens (tertiary/aromatic N) is 4. The number of piperidine rings is 1. The van der Waals surface area contributed by atoms with Crippen LogP contribution < -0.4 is 10.2 Å². The van der Waals surface area contributed by atoms with Gasteiger partial charge in [0.1, 0.15) is 5.82 Å². The molecule has 1 fully saturated rings. The first-order valence-corrected chi connectivity index (χ1v) is 9.77. The lowest BCUT2D eigenvalue weighted by atomic mass is 10.0. The molecular weight excluding hydrogens is 336 g/mol. The fourth-order valence-electron chi connectivity index (χ4n) is 3.88. The van der Waals surface area contributed by atoms with Crippen LogP contribution in [0.25, 0.3) is 11.0 Å². The topological polar surface area (TPSA) is 69.7 Å². The van der Waals surface area contributed by atoms with Crippen LogP contribution in [0, 0.1) is 20.8 Å². The predicted octanol–water partition coefficient (Wildman–Crippen LogP) is 3.60. The summed E-state index contributed by atoms with van der Waals surface area (Å²) in [7, 11) is 0. The van der Waals surface area contributed by atoms with Crippen molar-refractivity contribution in [3.8, 4) is 0 Å². The van der Waals surface area contributed by atoms with Gasteiger partial charge in [-0.3, -0.25) is 0 Å². The molecule has 1 aliphatic rings. The minimum Gasteiger partial charge on any atom is -0.341 e. The summed E-state index contributed by atoms with van der Waals surface area (Å²) in [6.45, 7) is 10.3. The van der Waals surface area contributed by atoms with Crippen LogP contribution in [-0.2, 0) is 0 Å². The molecular formula is C21H28N6. The summed E-state index contributed by atoms with van der Waals surface area (Å²) in [5.41, 5.74) is 5.46. The van der Waals surface area contributed by atoms with Crippen molar-refractivity contribution in [3.63, 3.8) is 0 Å². The number of aryl methyl sites for hydroxylation is 3. The maximum atomic E-state index is 4.75. The van der Waals surface area contributed by atoms with Crippen molar-refractivity contribution < 1.29 is 0 Å². The van der Waals surface area contributed by atoms with E-state index >= 15 is 0 Å². The number of aromatic amines is 1. The van der Waals surface area contributed by atoms with E-state index in [0.29, 0.717) is 6.04 Å². The second-order valence-corrected chi connectivity index (χ2v) is 7.74. The van der Waals surface area contributed by atoms with E-state index in [2.05, 4.69) is 57.2 Å². The lowest BCUT2D eigenvalue weighted by molar-refractivity contribution is 0.373. The molecule has 1 saturated heterocycles. The van der Waals surface area contributed by atoms with Gasteiger partial charge < -0.3 is 15.2 Å². The summed E-state index contributed by atoms with van der Waals surface area (Å²) in [5, 5.41) is 3.74. The van der Waals surface area contributed by atoms with Gasteiger partial charge in [-0.25, -0.2) is 15.0 Å². The van der Waals surface area contributed by atoms with Gasteiger partial charge in [-0.05, 0) is 64.3 Å². The third-order valence-corrected chi connectivity index (χ3v) is 5.30. The zero-order valence-corrected chi connectivity index (χ0v) is 16.6. The number of imidazole rings is 1. The smallest absolute Gasteiger partial charge is 0.225 e. The minimum atomic E-state index is 0.201. The van der Waals surface area contributed by atoms with Gasteiger partial charge >= 0.3 is 0 Å². The number of hydrogen-bond acceptors (Lipinski definition) is 5. The van der Waals surface area contributed by atoms with Crippen molar-refractivity contribution in [2.75, 3.05) is 18.0 Å². The molecule has 4 rings (SSSR count). The Hall–Kier alpha value is -2.47. The molecule has 0 radical (unpaired) electrons. The van der Waals surface area contributed by atoms with E-state index in [1.165, 1.54) is 5.56 Å². The van der Waals surface area contributed by atoms with E-state index in [0.717, 1.165) is 60.1 Å². The predicted molar refractivity (Wildman–Crippen MR) is 109 cm³/mol. The molecule has 0 aliphatic carbocycles. The Morgan fingerprint density at radius 3 is 2.44 bits per heavy atom. The van der Waals surface area contributed by atoms with Gasteiger partial charge in [0, 0.05) is 30.5 Å². The molecule has 1 atom stereocenters. The first-order chi connectivity index (χ1) is 13.0. The molecule has 27 heavy (non-hydrogen) atoms. The van der Waals surface area contributed by atoms with Crippen LogP contribution in [0.2, 0.25) is 0 Å². The summed E-state index contributed by atoms with van der Waals surface area (Å²) in [6.07, 6.45) is 2.17. The van der Waals surface area contributed by atoms with Crippen LogP contribution in [-0.4, -0.2) is 39.1 Å². The molecule has 1 aliphatic heterocycles. The molecule has 2 aromatic heterocycles. The quantitative estimate of drug-likeness (QED) is 0.740. The van der Waals surface area contributed by atoms with E-state index in [4.69, 9.17) is 4.98 Å². The number of hydrogen-bond donors (Lipinski definition) is 2. The summed E-state index contributed by atoms with van der Waals surface area (Å²) in [6, 6.07) is 9.05. The first kappa shape index (κ1) is 17.9. The van der Waals surface area contributed by atoms with E-state index in [1.54, 1.807) is 0 Å². The van der Waals surface area contributed by atoms with Crippen LogP contribution in [0.5, 0.6) is 0 Å². The monoisotopic (exact) mass is 364 g/mol. The standard InChI is InChI=1S/C21H28N6/c1-13-5-6-18-19(11-13)26-20(25-18)16(4)24-17-7-9-27(10-8-17)21-22-14(2)12-15(3)23-21/h5-6,11-12,16-17,24H,7-10H2,1-4H3,(H,25,26)/t16-/m1/s1. The minimum absolute atomic E-state index is 0.201. The zero-order chi connectivity index (χ0) is 19.0. The summed E-state index contributed by atoms with van der Waals surface area (Å²) < 4.78 is 0. The molecule has 6 nitrogen and oxygen atoms in total. The summed E-state index contributed by atoms with van der Waals surface area (Å²) in [4.78, 5) is 19.7. The van der Waals surface area contributed by atoms with Crippen LogP contribution in [0.1, 0.15) is 48.6 Å². The molecule has 1 aromatic carbocycles. The first-order valence-electron chi connectivity index (χ1n) is 9.77. The molecule has 0 bridgehead atoms. The molecule has 6 heteroatoms. The van der Waals surface area contributed by atoms with Gasteiger partial charge in [0.15, 0.2) is 0 Å². The fourth-order valence-corrected chi connectivity index (χ4v) is 3.88. The largest absolute Gasteiger partial charge is 0.341 e. The third kappa shape index (κ3) is 3.95. The van der Waals surface area contributed by atoms with Crippen LogP contribution in [0.15, 0.2) is 24.3 Å². The Morgan fingerprint density at radius 2 is 1.74 bits per heavy atom. The van der Waals surface area contributed by atoms with Gasteiger partial charge in [-0.1, -0.05) is 6.07 Å². The average Bonchev–Trinajstić information content (AvgIpc) is 3.05. The fraction of sp³-hybridized carbons (Fsp3) is 0.476. The van der Waals surface area contributed by atoms with Gasteiger partial charge in [-0.2, -0.15) is 0 Å². The number of benzene rings is 1. The Morgan fingerprint density at radius 1 is 1.04 bits per heavy atom. The highest BCUT2D eigenvalue weighted by molar-refractivity contribution is 5.75. The Bertz CT molecular complexity index is 919. The summed E-state index contributed by atoms with van der Waals surface area (Å²) >= 11 is 0. The third-order valence-electron chi connectivity index (χ3n) is 5.30. The second kappa shape index (κ2) is 7.27. The van der Waals surface area contributed by atoms with Gasteiger partial charge in [0.05, 0.1) is 17.1 Å². The van der Waals surface area contributed by atoms with Crippen molar-refractivity contribution in [2.24, 2.45) is 0 Å². The summed E-state index contributed by atoms with van der Waals surface area (Å²) in [5.74, 6) is 1.88. The number of fused-ring (bicyclic) bond motifs is 1. The molecule has 3 heterocycles. The van der Waals surface area contributed by atoms with Crippen molar-refractivity contribution in [2.45, 2.75) is 52.6 Å². The van der Waals surface area contributed by atoms with Gasteiger partial charge in [-0.15, -0.1) is 0 Å². The Kier molecular flexibility index (Phi) is 4.83. The number of anilines is 1. The average molecular weight is 364 g/mol. The number of rotatable bonds is 4. The second-order valence-electron chi connectivity index (χ2n) is 7.74. The lowest BCUT2D eigenvalue weighted by Crippen LogP contribution is -2.44. The maximum absolute atomic E-state index is 4.75. The van der Waals surface area contributed by atoms with Crippen molar-refractivity contribution in [1.29, 1.82) is 0 Å². The molecule has 0 saturated carbocycles. The zero-order valence-electron chi connectivity index (χ0n) is 16.6. The molecule has 0 spiro atoms. The SMILES string of the molecule is Cc1ccc2nc([C@@H](C)NC3CCN(c4nc(C)cc(C)n4)CC3)[nH]c2c1. The molecule has 2 N–H and O–H groups in total. The van der Waals surface area contributed by atoms with Gasteiger partial charge in [0.2, 0.25) is 5.95 Å². The van der Waals surface area contributed by atoms with Crippen molar-refractivity contribution in [3.05, 3.63) is 47.0 Å². The number of nitrogens with one attached hydrogen (secondary N) is 2. The van der Waals surface area contributed by atoms with Crippen molar-refractivity contribution in [1.82, 2.24) is 25.3 Å². The van der Waals surface area contributed by atoms with Crippen LogP contribution in [0.4, 0.5) is 5.95 Å². The van der Waals surface area contributed by atoms with E-state index in [-0.39, 0.29) is 6.04 Å². The highest BCUT2D eigenvalue weighted by atomic mass is 15.3. The Labute approximate surface area is 160 Å². The molecule has 0 amide bonds. The molecule has 0 unspecified atom stereocenters. The highest BCUT2D eigenvalue weighted by Gasteiger charge is 2.23. The van der Waals surface area contributed by atoms with E-state index < -0.39 is 0 Å². The number of aromatic nitrogens is 4. The van der Waals surface area contributed by atoms with Crippen LogP contribution >= 0.6 is 0 Å².